The van der Waals surface area contributed by atoms with E-state index < -0.39 is 32.3 Å². The maximum Gasteiger partial charge on any atom is 0.346 e. The van der Waals surface area contributed by atoms with Crippen molar-refractivity contribution in [3.63, 3.8) is 0 Å². The van der Waals surface area contributed by atoms with Crippen molar-refractivity contribution in [3.05, 3.63) is 76.9 Å². The third kappa shape index (κ3) is 3.62. The van der Waals surface area contributed by atoms with Crippen molar-refractivity contribution in [2.24, 2.45) is 0 Å². The Kier molecular flexibility index (Phi) is 4.69. The number of benzene rings is 2. The topological polar surface area (TPSA) is 71.4 Å². The van der Waals surface area contributed by atoms with Crippen molar-refractivity contribution < 1.29 is 22.7 Å². The van der Waals surface area contributed by atoms with Crippen LogP contribution in [0, 0.1) is 5.82 Å². The molecular weight excluding hydrogens is 363 g/mol. The Hall–Kier alpha value is -2.51. The fourth-order valence-electron chi connectivity index (χ4n) is 2.44. The van der Waals surface area contributed by atoms with Crippen molar-refractivity contribution in [2.45, 2.75) is 10.6 Å². The van der Waals surface area contributed by atoms with Crippen molar-refractivity contribution >= 4 is 27.1 Å². The molecule has 0 spiro atoms. The molecule has 0 atom stereocenters. The van der Waals surface area contributed by atoms with Gasteiger partial charge in [-0.2, -0.15) is 0 Å². The minimum absolute atomic E-state index is 0.0567. The molecule has 128 valence electrons. The van der Waals surface area contributed by atoms with Gasteiger partial charge in [-0.3, -0.25) is 0 Å². The first-order valence-corrected chi connectivity index (χ1v) is 9.74. The molecule has 25 heavy (non-hydrogen) atoms. The zero-order valence-electron chi connectivity index (χ0n) is 12.8. The fourth-order valence-corrected chi connectivity index (χ4v) is 5.00. The highest BCUT2D eigenvalue weighted by atomic mass is 32.2. The lowest BCUT2D eigenvalue weighted by Gasteiger charge is -2.05. The highest BCUT2D eigenvalue weighted by Gasteiger charge is 2.25. The smallest absolute Gasteiger partial charge is 0.346 e. The molecule has 1 N–H and O–H groups in total. The third-order valence-electron chi connectivity index (χ3n) is 3.58. The lowest BCUT2D eigenvalue weighted by molar-refractivity contribution is 0.0701. The van der Waals surface area contributed by atoms with Crippen molar-refractivity contribution in [1.29, 1.82) is 0 Å². The van der Waals surface area contributed by atoms with Crippen LogP contribution in [0.1, 0.15) is 15.2 Å². The fraction of sp³-hybridized carbons (Fsp3) is 0.0556. The van der Waals surface area contributed by atoms with Crippen LogP contribution < -0.4 is 0 Å². The summed E-state index contributed by atoms with van der Waals surface area (Å²) in [5.41, 5.74) is 0.948. The second-order valence-corrected chi connectivity index (χ2v) is 8.34. The third-order valence-corrected chi connectivity index (χ3v) is 6.49. The molecule has 0 aliphatic rings. The Morgan fingerprint density at radius 1 is 1.04 bits per heavy atom. The van der Waals surface area contributed by atoms with Gasteiger partial charge >= 0.3 is 5.97 Å². The van der Waals surface area contributed by atoms with Gasteiger partial charge in [0.25, 0.3) is 0 Å². The van der Waals surface area contributed by atoms with E-state index in [-0.39, 0.29) is 10.4 Å². The highest BCUT2D eigenvalue weighted by molar-refractivity contribution is 7.90. The average Bonchev–Trinajstić information content (AvgIpc) is 2.99. The molecule has 0 saturated heterocycles. The first-order chi connectivity index (χ1) is 11.9. The molecule has 0 unspecified atom stereocenters. The van der Waals surface area contributed by atoms with Gasteiger partial charge in [-0.25, -0.2) is 17.6 Å². The first kappa shape index (κ1) is 17.3. The molecule has 1 aromatic heterocycles. The summed E-state index contributed by atoms with van der Waals surface area (Å²) in [6.45, 7) is 0. The zero-order valence-corrected chi connectivity index (χ0v) is 14.5. The molecule has 0 fully saturated rings. The van der Waals surface area contributed by atoms with E-state index in [1.165, 1.54) is 18.2 Å². The van der Waals surface area contributed by atoms with Gasteiger partial charge in [0.2, 0.25) is 0 Å². The van der Waals surface area contributed by atoms with E-state index in [1.807, 2.05) is 30.3 Å². The van der Waals surface area contributed by atoms with E-state index in [0.29, 0.717) is 4.88 Å². The predicted octanol–water partition coefficient (Wildman–Crippen LogP) is 4.23. The number of carbonyl (C=O) groups is 1. The lowest BCUT2D eigenvalue weighted by Crippen LogP contribution is -2.09. The number of aromatic carboxylic acids is 1. The Morgan fingerprint density at radius 3 is 2.32 bits per heavy atom. The van der Waals surface area contributed by atoms with Crippen LogP contribution in [-0.2, 0) is 15.6 Å². The van der Waals surface area contributed by atoms with Crippen molar-refractivity contribution in [2.75, 3.05) is 0 Å². The number of carboxylic acid groups (broad SMARTS) is 1. The van der Waals surface area contributed by atoms with Crippen LogP contribution in [0.5, 0.6) is 0 Å². The van der Waals surface area contributed by atoms with E-state index in [2.05, 4.69) is 0 Å². The number of sulfone groups is 1. The second-order valence-electron chi connectivity index (χ2n) is 5.33. The largest absolute Gasteiger partial charge is 0.477 e. The molecule has 0 bridgehead atoms. The maximum atomic E-state index is 13.8. The summed E-state index contributed by atoms with van der Waals surface area (Å²) in [7, 11) is -4.00. The Balaban J connectivity index is 2.04. The summed E-state index contributed by atoms with van der Waals surface area (Å²) in [6.07, 6.45) is 0. The average molecular weight is 376 g/mol. The van der Waals surface area contributed by atoms with Crippen molar-refractivity contribution in [3.8, 4) is 10.4 Å². The predicted molar refractivity (Wildman–Crippen MR) is 94.0 cm³/mol. The van der Waals surface area contributed by atoms with Crippen LogP contribution in [0.25, 0.3) is 10.4 Å². The molecular formula is C18H13FO4S2. The van der Waals surface area contributed by atoms with Gasteiger partial charge in [0.15, 0.2) is 9.84 Å². The number of thiophene rings is 1. The van der Waals surface area contributed by atoms with E-state index in [9.17, 15) is 22.7 Å². The van der Waals surface area contributed by atoms with Gasteiger partial charge in [-0.05, 0) is 29.3 Å². The molecule has 0 amide bonds. The summed E-state index contributed by atoms with van der Waals surface area (Å²) < 4.78 is 38.9. The molecule has 7 heteroatoms. The van der Waals surface area contributed by atoms with Crippen LogP contribution in [0.15, 0.2) is 65.6 Å². The molecule has 0 saturated carbocycles. The summed E-state index contributed by atoms with van der Waals surface area (Å²) >= 11 is 1.00. The number of carboxylic acids is 1. The van der Waals surface area contributed by atoms with E-state index >= 15 is 0 Å². The molecule has 1 heterocycles. The normalized spacial score (nSPS) is 11.4. The number of halogens is 1. The molecule has 0 aliphatic carbocycles. The van der Waals surface area contributed by atoms with Crippen LogP contribution in [0.4, 0.5) is 4.39 Å². The minimum Gasteiger partial charge on any atom is -0.477 e. The van der Waals surface area contributed by atoms with Gasteiger partial charge in [0.1, 0.15) is 15.6 Å². The lowest BCUT2D eigenvalue weighted by atomic mass is 10.1. The van der Waals surface area contributed by atoms with Crippen LogP contribution in [-0.4, -0.2) is 19.5 Å². The molecule has 4 nitrogen and oxygen atoms in total. The van der Waals surface area contributed by atoms with E-state index in [4.69, 9.17) is 0 Å². The van der Waals surface area contributed by atoms with Crippen LogP contribution in [0.2, 0.25) is 0 Å². The maximum absolute atomic E-state index is 13.8. The quantitative estimate of drug-likeness (QED) is 0.723. The van der Waals surface area contributed by atoms with Gasteiger partial charge in [0, 0.05) is 4.88 Å². The molecule has 3 rings (SSSR count). The minimum atomic E-state index is -4.00. The van der Waals surface area contributed by atoms with Gasteiger partial charge < -0.3 is 5.11 Å². The van der Waals surface area contributed by atoms with Crippen molar-refractivity contribution in [1.82, 2.24) is 0 Å². The van der Waals surface area contributed by atoms with E-state index in [1.54, 1.807) is 6.07 Å². The number of rotatable bonds is 5. The summed E-state index contributed by atoms with van der Waals surface area (Å²) in [6, 6.07) is 15.7. The molecule has 3 aromatic rings. The SMILES string of the molecule is O=C(O)c1sc(-c2ccccc2)cc1CS(=O)(=O)c1ccccc1F. The summed E-state index contributed by atoms with van der Waals surface area (Å²) in [5.74, 6) is -2.62. The van der Waals surface area contributed by atoms with Crippen LogP contribution >= 0.6 is 11.3 Å². The Labute approximate surface area is 148 Å². The second kappa shape index (κ2) is 6.78. The molecule has 2 aromatic carbocycles. The summed E-state index contributed by atoms with van der Waals surface area (Å²) in [4.78, 5) is 11.7. The van der Waals surface area contributed by atoms with Crippen LogP contribution in [0.3, 0.4) is 0 Å². The molecule has 0 radical (unpaired) electrons. The number of hydrogen-bond acceptors (Lipinski definition) is 4. The Morgan fingerprint density at radius 2 is 1.68 bits per heavy atom. The van der Waals surface area contributed by atoms with Gasteiger partial charge in [-0.1, -0.05) is 42.5 Å². The monoisotopic (exact) mass is 376 g/mol. The zero-order chi connectivity index (χ0) is 18.0. The number of hydrogen-bond donors (Lipinski definition) is 1. The Bertz CT molecular complexity index is 1020. The first-order valence-electron chi connectivity index (χ1n) is 7.27. The summed E-state index contributed by atoms with van der Waals surface area (Å²) in [5, 5.41) is 9.39. The molecule has 0 aliphatic heterocycles. The van der Waals surface area contributed by atoms with E-state index in [0.717, 1.165) is 23.0 Å². The van der Waals surface area contributed by atoms with Gasteiger partial charge in [-0.15, -0.1) is 11.3 Å². The highest BCUT2D eigenvalue weighted by Crippen LogP contribution is 2.33. The standard InChI is InChI=1S/C18H13FO4S2/c19-14-8-4-5-9-16(14)25(22,23)11-13-10-15(24-17(13)18(20)21)12-6-2-1-3-7-12/h1-10H,11H2,(H,20,21). The van der Waals surface area contributed by atoms with Gasteiger partial charge in [0.05, 0.1) is 5.75 Å².